The highest BCUT2D eigenvalue weighted by Crippen LogP contribution is 2.25. The molecule has 0 radical (unpaired) electrons. The molecule has 5 rings (SSSR count). The van der Waals surface area contributed by atoms with Gasteiger partial charge in [0.2, 0.25) is 16.8 Å². The molecular weight excluding hydrogens is 526 g/mol. The molecule has 186 valence electrons. The van der Waals surface area contributed by atoms with E-state index < -0.39 is 11.2 Å². The van der Waals surface area contributed by atoms with Gasteiger partial charge in [0.15, 0.2) is 16.3 Å². The second-order valence-electron chi connectivity index (χ2n) is 7.90. The van der Waals surface area contributed by atoms with Crippen molar-refractivity contribution in [3.63, 3.8) is 0 Å². The number of nitrogens with zero attached hydrogens (tertiary/aromatic N) is 8. The highest BCUT2D eigenvalue weighted by molar-refractivity contribution is 7.99. The Morgan fingerprint density at radius 3 is 2.53 bits per heavy atom. The number of anilines is 1. The van der Waals surface area contributed by atoms with Crippen LogP contribution < -0.4 is 16.6 Å². The first-order valence-electron chi connectivity index (χ1n) is 10.8. The maximum absolute atomic E-state index is 13.2. The zero-order valence-corrected chi connectivity index (χ0v) is 21.8. The zero-order valence-electron chi connectivity index (χ0n) is 19.4. The van der Waals surface area contributed by atoms with Crippen LogP contribution in [0.15, 0.2) is 39.0 Å². The number of hydrogen-bond donors (Lipinski definition) is 1. The maximum atomic E-state index is 13.2. The highest BCUT2D eigenvalue weighted by atomic mass is 35.5. The van der Waals surface area contributed by atoms with E-state index in [1.165, 1.54) is 23.0 Å². The number of amides is 1. The van der Waals surface area contributed by atoms with Crippen molar-refractivity contribution in [1.29, 1.82) is 0 Å². The van der Waals surface area contributed by atoms with Crippen LogP contribution in [-0.4, -0.2) is 50.2 Å². The Bertz CT molecular complexity index is 1730. The maximum Gasteiger partial charge on any atom is 0.332 e. The number of carbonyl (C=O) groups excluding carboxylic acids is 1. The van der Waals surface area contributed by atoms with Crippen molar-refractivity contribution in [3.05, 3.63) is 60.7 Å². The molecule has 0 bridgehead atoms. The Hall–Kier alpha value is -3.49. The third kappa shape index (κ3) is 4.20. The molecule has 0 saturated heterocycles. The summed E-state index contributed by atoms with van der Waals surface area (Å²) in [5.41, 5.74) is 0.589. The number of aromatic nitrogens is 8. The van der Waals surface area contributed by atoms with Crippen LogP contribution in [0.1, 0.15) is 17.5 Å². The van der Waals surface area contributed by atoms with Crippen molar-refractivity contribution in [2.24, 2.45) is 14.1 Å². The number of imidazole rings is 1. The van der Waals surface area contributed by atoms with Gasteiger partial charge >= 0.3 is 5.69 Å². The Morgan fingerprint density at radius 2 is 1.83 bits per heavy atom. The molecule has 4 heterocycles. The van der Waals surface area contributed by atoms with Gasteiger partial charge in [-0.25, -0.2) is 9.20 Å². The molecule has 0 unspecified atom stereocenters. The SMILES string of the molecule is CCc1nnc(NC(=O)CSc2nnc3n(Cc4ccc(Cl)cc4)c4c(=O)n(C)c(=O)n(C)c4n23)s1. The highest BCUT2D eigenvalue weighted by Gasteiger charge is 2.24. The summed E-state index contributed by atoms with van der Waals surface area (Å²) in [6, 6.07) is 7.23. The fourth-order valence-electron chi connectivity index (χ4n) is 3.78. The summed E-state index contributed by atoms with van der Waals surface area (Å²) in [5, 5.41) is 21.4. The molecule has 36 heavy (non-hydrogen) atoms. The topological polar surface area (TPSA) is 134 Å². The second kappa shape index (κ2) is 9.52. The number of carbonyl (C=O) groups is 1. The van der Waals surface area contributed by atoms with E-state index in [0.717, 1.165) is 33.3 Å². The van der Waals surface area contributed by atoms with Crippen LogP contribution in [0.2, 0.25) is 5.02 Å². The summed E-state index contributed by atoms with van der Waals surface area (Å²) >= 11 is 8.48. The van der Waals surface area contributed by atoms with Gasteiger partial charge in [0, 0.05) is 19.1 Å². The number of rotatable bonds is 7. The van der Waals surface area contributed by atoms with Crippen LogP contribution in [0.5, 0.6) is 0 Å². The molecule has 0 fully saturated rings. The molecule has 1 amide bonds. The standard InChI is InChI=1S/C21H20ClN9O3S2/c1-4-14-24-25-18(36-14)23-13(32)10-35-20-27-26-19-30(9-11-5-7-12(22)8-6-11)15-16(31(19)20)28(2)21(34)29(3)17(15)33/h5-8H,4,9-10H2,1-3H3,(H,23,25,32). The van der Waals surface area contributed by atoms with Crippen molar-refractivity contribution in [1.82, 2.24) is 38.5 Å². The quantitative estimate of drug-likeness (QED) is 0.307. The van der Waals surface area contributed by atoms with Gasteiger partial charge in [0.25, 0.3) is 5.56 Å². The number of benzene rings is 1. The number of thioether (sulfide) groups is 1. The third-order valence-corrected chi connectivity index (χ3v) is 7.72. The normalized spacial score (nSPS) is 11.6. The smallest absolute Gasteiger partial charge is 0.300 e. The third-order valence-electron chi connectivity index (χ3n) is 5.55. The Balaban J connectivity index is 1.56. The predicted octanol–water partition coefficient (Wildman–Crippen LogP) is 1.93. The van der Waals surface area contributed by atoms with Gasteiger partial charge in [-0.2, -0.15) is 0 Å². The van der Waals surface area contributed by atoms with Gasteiger partial charge in [0.1, 0.15) is 5.01 Å². The summed E-state index contributed by atoms with van der Waals surface area (Å²) in [7, 11) is 3.01. The molecule has 0 aliphatic carbocycles. The monoisotopic (exact) mass is 545 g/mol. The van der Waals surface area contributed by atoms with Crippen molar-refractivity contribution >= 4 is 62.7 Å². The first kappa shape index (κ1) is 24.2. The summed E-state index contributed by atoms with van der Waals surface area (Å²) in [4.78, 5) is 38.5. The summed E-state index contributed by atoms with van der Waals surface area (Å²) < 4.78 is 5.78. The largest absolute Gasteiger partial charge is 0.332 e. The fourth-order valence-corrected chi connectivity index (χ4v) is 5.33. The van der Waals surface area contributed by atoms with E-state index in [0.29, 0.717) is 38.8 Å². The van der Waals surface area contributed by atoms with Crippen LogP contribution >= 0.6 is 34.7 Å². The molecule has 0 spiro atoms. The summed E-state index contributed by atoms with van der Waals surface area (Å²) in [6.07, 6.45) is 0.734. The zero-order chi connectivity index (χ0) is 25.6. The lowest BCUT2D eigenvalue weighted by molar-refractivity contribution is -0.113. The van der Waals surface area contributed by atoms with Crippen LogP contribution in [0.25, 0.3) is 16.9 Å². The minimum atomic E-state index is -0.483. The Morgan fingerprint density at radius 1 is 1.08 bits per heavy atom. The minimum Gasteiger partial charge on any atom is -0.300 e. The molecule has 0 aliphatic rings. The molecule has 0 atom stereocenters. The number of halogens is 1. The van der Waals surface area contributed by atoms with Crippen LogP contribution in [-0.2, 0) is 31.9 Å². The second-order valence-corrected chi connectivity index (χ2v) is 10.3. The fraction of sp³-hybridized carbons (Fsp3) is 0.286. The Kier molecular flexibility index (Phi) is 6.40. The van der Waals surface area contributed by atoms with Gasteiger partial charge in [-0.1, -0.05) is 53.8 Å². The van der Waals surface area contributed by atoms with Crippen molar-refractivity contribution in [3.8, 4) is 0 Å². The lowest BCUT2D eigenvalue weighted by Crippen LogP contribution is -2.37. The van der Waals surface area contributed by atoms with Gasteiger partial charge < -0.3 is 0 Å². The predicted molar refractivity (Wildman–Crippen MR) is 138 cm³/mol. The number of nitrogens with one attached hydrogen (secondary N) is 1. The average molecular weight is 546 g/mol. The molecule has 1 N–H and O–H groups in total. The Labute approximate surface area is 216 Å². The van der Waals surface area contributed by atoms with E-state index in [2.05, 4.69) is 25.7 Å². The number of fused-ring (bicyclic) bond motifs is 3. The van der Waals surface area contributed by atoms with Crippen molar-refractivity contribution in [2.45, 2.75) is 25.0 Å². The molecular formula is C21H20ClN9O3S2. The lowest BCUT2D eigenvalue weighted by atomic mass is 10.2. The van der Waals surface area contributed by atoms with E-state index in [1.54, 1.807) is 28.1 Å². The minimum absolute atomic E-state index is 0.0183. The van der Waals surface area contributed by atoms with Gasteiger partial charge in [0.05, 0.1) is 12.3 Å². The van der Waals surface area contributed by atoms with E-state index in [-0.39, 0.29) is 11.7 Å². The van der Waals surface area contributed by atoms with Crippen molar-refractivity contribution in [2.75, 3.05) is 11.1 Å². The molecule has 5 aromatic rings. The van der Waals surface area contributed by atoms with E-state index >= 15 is 0 Å². The van der Waals surface area contributed by atoms with E-state index in [4.69, 9.17) is 11.6 Å². The lowest BCUT2D eigenvalue weighted by Gasteiger charge is -2.08. The van der Waals surface area contributed by atoms with Crippen LogP contribution in [0.4, 0.5) is 5.13 Å². The van der Waals surface area contributed by atoms with Gasteiger partial charge in [-0.15, -0.1) is 20.4 Å². The number of hydrogen-bond acceptors (Lipinski definition) is 9. The van der Waals surface area contributed by atoms with Gasteiger partial charge in [-0.05, 0) is 24.1 Å². The first-order chi connectivity index (χ1) is 17.3. The summed E-state index contributed by atoms with van der Waals surface area (Å²) in [6.45, 7) is 2.26. The van der Waals surface area contributed by atoms with Crippen molar-refractivity contribution < 1.29 is 4.79 Å². The molecule has 0 saturated carbocycles. The van der Waals surface area contributed by atoms with E-state index in [1.807, 2.05) is 19.1 Å². The molecule has 1 aromatic carbocycles. The number of aryl methyl sites for hydroxylation is 2. The molecule has 0 aliphatic heterocycles. The van der Waals surface area contributed by atoms with Crippen LogP contribution in [0.3, 0.4) is 0 Å². The molecule has 4 aromatic heterocycles. The van der Waals surface area contributed by atoms with Crippen LogP contribution in [0, 0.1) is 0 Å². The van der Waals surface area contributed by atoms with E-state index in [9.17, 15) is 14.4 Å². The summed E-state index contributed by atoms with van der Waals surface area (Å²) in [5.74, 6) is 0.105. The molecule has 12 nitrogen and oxygen atoms in total. The first-order valence-corrected chi connectivity index (χ1v) is 13.0. The average Bonchev–Trinajstić information content (AvgIpc) is 3.57. The molecule has 15 heteroatoms. The van der Waals surface area contributed by atoms with Gasteiger partial charge in [-0.3, -0.25) is 28.6 Å².